The van der Waals surface area contributed by atoms with Gasteiger partial charge in [0.25, 0.3) is 5.91 Å². The number of hydrogen-bond acceptors (Lipinski definition) is 6. The highest BCUT2D eigenvalue weighted by Crippen LogP contribution is 2.36. The number of fused-ring (bicyclic) bond motifs is 1. The van der Waals surface area contributed by atoms with Crippen LogP contribution in [0.2, 0.25) is 0 Å². The lowest BCUT2D eigenvalue weighted by molar-refractivity contribution is 0.0691. The van der Waals surface area contributed by atoms with Gasteiger partial charge in [-0.1, -0.05) is 5.16 Å². The molecule has 0 atom stereocenters. The molecule has 0 aliphatic carbocycles. The number of aromatic nitrogens is 2. The molecule has 33 heavy (non-hydrogen) atoms. The van der Waals surface area contributed by atoms with Gasteiger partial charge in [-0.05, 0) is 31.0 Å². The van der Waals surface area contributed by atoms with E-state index in [2.05, 4.69) is 10.1 Å². The smallest absolute Gasteiger partial charge is 0.260 e. The maximum atomic E-state index is 14.0. The Bertz CT molecular complexity index is 1230. The van der Waals surface area contributed by atoms with Gasteiger partial charge in [0.05, 0.1) is 0 Å². The maximum absolute atomic E-state index is 14.0. The van der Waals surface area contributed by atoms with Gasteiger partial charge in [0.2, 0.25) is 24.3 Å². The zero-order valence-corrected chi connectivity index (χ0v) is 16.7. The zero-order valence-electron chi connectivity index (χ0n) is 16.7. The number of hydrogen-bond donors (Lipinski definition) is 0. The lowest BCUT2D eigenvalue weighted by Crippen LogP contribution is -2.39. The van der Waals surface area contributed by atoms with E-state index in [1.807, 2.05) is 0 Å². The lowest BCUT2D eigenvalue weighted by atomic mass is 9.96. The Morgan fingerprint density at radius 1 is 0.909 bits per heavy atom. The van der Waals surface area contributed by atoms with Crippen molar-refractivity contribution in [3.63, 3.8) is 0 Å². The molecule has 7 nitrogen and oxygen atoms in total. The number of piperidine rings is 1. The van der Waals surface area contributed by atoms with E-state index in [1.165, 1.54) is 0 Å². The number of rotatable bonds is 3. The van der Waals surface area contributed by atoms with E-state index in [0.29, 0.717) is 41.6 Å². The van der Waals surface area contributed by atoms with Gasteiger partial charge in [-0.25, -0.2) is 22.0 Å². The monoisotopic (exact) mass is 467 g/mol. The summed E-state index contributed by atoms with van der Waals surface area (Å²) in [6.07, 6.45) is 0.591. The van der Waals surface area contributed by atoms with Crippen molar-refractivity contribution in [2.45, 2.75) is 18.8 Å². The molecule has 0 bridgehead atoms. The van der Waals surface area contributed by atoms with Crippen molar-refractivity contribution in [3.8, 4) is 22.9 Å². The molecule has 0 N–H and O–H groups in total. The summed E-state index contributed by atoms with van der Waals surface area (Å²) in [5.74, 6) is -10.7. The van der Waals surface area contributed by atoms with Gasteiger partial charge < -0.3 is 18.9 Å². The highest BCUT2D eigenvalue weighted by Gasteiger charge is 2.34. The van der Waals surface area contributed by atoms with Crippen LogP contribution in [0.25, 0.3) is 11.4 Å². The minimum atomic E-state index is -2.31. The number of carbonyl (C=O) groups is 1. The van der Waals surface area contributed by atoms with Crippen molar-refractivity contribution in [1.29, 1.82) is 0 Å². The standard InChI is InChI=1S/C21H14F5N3O4/c22-14-13(15(23)17(25)18(26)16(14)24)21(30)29-5-3-9(4-6-29)20-27-19(28-33-20)10-1-2-11-12(7-10)32-8-31-11/h1-2,7,9H,3-6,8H2. The summed E-state index contributed by atoms with van der Waals surface area (Å²) >= 11 is 0. The largest absolute Gasteiger partial charge is 0.454 e. The first-order valence-corrected chi connectivity index (χ1v) is 9.89. The van der Waals surface area contributed by atoms with E-state index in [9.17, 15) is 26.7 Å². The number of amides is 1. The molecule has 12 heteroatoms. The van der Waals surface area contributed by atoms with Crippen LogP contribution in [0.1, 0.15) is 35.0 Å². The van der Waals surface area contributed by atoms with E-state index in [4.69, 9.17) is 14.0 Å². The van der Waals surface area contributed by atoms with E-state index >= 15 is 0 Å². The van der Waals surface area contributed by atoms with Crippen LogP contribution in [-0.4, -0.2) is 40.8 Å². The molecule has 3 aromatic rings. The van der Waals surface area contributed by atoms with Crippen molar-refractivity contribution >= 4 is 5.91 Å². The molecule has 0 radical (unpaired) electrons. The van der Waals surface area contributed by atoms with Gasteiger partial charge in [-0.3, -0.25) is 4.79 Å². The van der Waals surface area contributed by atoms with Crippen LogP contribution in [0.3, 0.4) is 0 Å². The Morgan fingerprint density at radius 2 is 1.55 bits per heavy atom. The minimum absolute atomic E-state index is 0.00469. The van der Waals surface area contributed by atoms with Crippen molar-refractivity contribution < 1.29 is 40.7 Å². The van der Waals surface area contributed by atoms with Crippen LogP contribution in [0, 0.1) is 29.1 Å². The predicted molar refractivity (Wildman–Crippen MR) is 100.0 cm³/mol. The van der Waals surface area contributed by atoms with Crippen molar-refractivity contribution in [2.24, 2.45) is 0 Å². The molecule has 0 saturated carbocycles. The van der Waals surface area contributed by atoms with Crippen LogP contribution in [0.4, 0.5) is 22.0 Å². The van der Waals surface area contributed by atoms with Gasteiger partial charge >= 0.3 is 0 Å². The van der Waals surface area contributed by atoms with Crippen molar-refractivity contribution in [2.75, 3.05) is 19.9 Å². The summed E-state index contributed by atoms with van der Waals surface area (Å²) < 4.78 is 84.0. The summed E-state index contributed by atoms with van der Waals surface area (Å²) in [5.41, 5.74) is -0.819. The van der Waals surface area contributed by atoms with E-state index in [-0.39, 0.29) is 25.8 Å². The molecule has 0 unspecified atom stereocenters. The topological polar surface area (TPSA) is 77.7 Å². The highest BCUT2D eigenvalue weighted by atomic mass is 19.2. The number of likely N-dealkylation sites (tertiary alicyclic amines) is 1. The Balaban J connectivity index is 1.29. The molecule has 172 valence electrons. The highest BCUT2D eigenvalue weighted by molar-refractivity contribution is 5.95. The summed E-state index contributed by atoms with van der Waals surface area (Å²) in [6, 6.07) is 5.17. The quantitative estimate of drug-likeness (QED) is 0.327. The summed E-state index contributed by atoms with van der Waals surface area (Å²) in [4.78, 5) is 17.9. The van der Waals surface area contributed by atoms with Gasteiger partial charge in [0.15, 0.2) is 34.8 Å². The first-order chi connectivity index (χ1) is 15.8. The molecule has 3 heterocycles. The van der Waals surface area contributed by atoms with E-state index in [0.717, 1.165) is 4.90 Å². The summed E-state index contributed by atoms with van der Waals surface area (Å²) in [6.45, 7) is 0.133. The van der Waals surface area contributed by atoms with Crippen LogP contribution >= 0.6 is 0 Å². The molecule has 2 aliphatic rings. The number of halogens is 5. The number of nitrogens with zero attached hydrogens (tertiary/aromatic N) is 3. The number of ether oxygens (including phenoxy) is 2. The third-order valence-corrected chi connectivity index (χ3v) is 5.63. The second-order valence-corrected chi connectivity index (χ2v) is 7.54. The van der Waals surface area contributed by atoms with E-state index in [1.54, 1.807) is 18.2 Å². The normalized spacial score (nSPS) is 15.8. The third-order valence-electron chi connectivity index (χ3n) is 5.63. The summed E-state index contributed by atoms with van der Waals surface area (Å²) in [7, 11) is 0. The molecule has 1 amide bonds. The van der Waals surface area contributed by atoms with Gasteiger partial charge in [-0.2, -0.15) is 4.98 Å². The molecule has 1 saturated heterocycles. The Labute approximate surface area is 182 Å². The molecule has 2 aliphatic heterocycles. The van der Waals surface area contributed by atoms with Gasteiger partial charge in [-0.15, -0.1) is 0 Å². The third kappa shape index (κ3) is 3.55. The van der Waals surface area contributed by atoms with Crippen LogP contribution in [0.5, 0.6) is 11.5 Å². The van der Waals surface area contributed by atoms with Crippen molar-refractivity contribution in [3.05, 3.63) is 58.7 Å². The molecule has 1 aromatic heterocycles. The second-order valence-electron chi connectivity index (χ2n) is 7.54. The SMILES string of the molecule is O=C(c1c(F)c(F)c(F)c(F)c1F)N1CCC(c2nc(-c3ccc4c(c3)OCO4)no2)CC1. The van der Waals surface area contributed by atoms with Crippen LogP contribution in [-0.2, 0) is 0 Å². The van der Waals surface area contributed by atoms with Gasteiger partial charge in [0, 0.05) is 24.6 Å². The Morgan fingerprint density at radius 3 is 2.24 bits per heavy atom. The lowest BCUT2D eigenvalue weighted by Gasteiger charge is -2.30. The maximum Gasteiger partial charge on any atom is 0.260 e. The number of benzene rings is 2. The first kappa shape index (κ1) is 21.2. The summed E-state index contributed by atoms with van der Waals surface area (Å²) in [5, 5.41) is 3.96. The zero-order chi connectivity index (χ0) is 23.3. The molecule has 1 fully saturated rings. The Kier molecular flexibility index (Phi) is 5.14. The average Bonchev–Trinajstić information content (AvgIpc) is 3.51. The molecule has 0 spiro atoms. The van der Waals surface area contributed by atoms with Crippen LogP contribution in [0.15, 0.2) is 22.7 Å². The number of carbonyl (C=O) groups excluding carboxylic acids is 1. The molecule has 2 aromatic carbocycles. The fraction of sp³-hybridized carbons (Fsp3) is 0.286. The van der Waals surface area contributed by atoms with Gasteiger partial charge in [0.1, 0.15) is 5.56 Å². The second kappa shape index (κ2) is 8.01. The average molecular weight is 467 g/mol. The fourth-order valence-electron chi connectivity index (χ4n) is 3.83. The molecule has 5 rings (SSSR count). The molecular weight excluding hydrogens is 453 g/mol. The Hall–Kier alpha value is -3.70. The predicted octanol–water partition coefficient (Wildman–Crippen LogP) is 4.18. The van der Waals surface area contributed by atoms with Crippen molar-refractivity contribution in [1.82, 2.24) is 15.0 Å². The van der Waals surface area contributed by atoms with Crippen LogP contribution < -0.4 is 9.47 Å². The molecular formula is C21H14F5N3O4. The fourth-order valence-corrected chi connectivity index (χ4v) is 3.83. The van der Waals surface area contributed by atoms with E-state index < -0.39 is 40.6 Å². The first-order valence-electron chi connectivity index (χ1n) is 9.89. The minimum Gasteiger partial charge on any atom is -0.454 e.